The summed E-state index contributed by atoms with van der Waals surface area (Å²) in [7, 11) is 0. The lowest BCUT2D eigenvalue weighted by Crippen LogP contribution is -1.99. The second kappa shape index (κ2) is 7.92. The summed E-state index contributed by atoms with van der Waals surface area (Å²) in [5.41, 5.74) is 5.14. The second-order valence-electron chi connectivity index (χ2n) is 1.99. The third-order valence-corrected chi connectivity index (χ3v) is 1.07. The van der Waals surface area contributed by atoms with Crippen LogP contribution in [0.2, 0.25) is 0 Å². The Morgan fingerprint density at radius 2 is 2.22 bits per heavy atom. The van der Waals surface area contributed by atoms with Gasteiger partial charge in [-0.25, -0.2) is 0 Å². The van der Waals surface area contributed by atoms with Gasteiger partial charge in [-0.2, -0.15) is 0 Å². The summed E-state index contributed by atoms with van der Waals surface area (Å²) in [5, 5.41) is 0. The Balaban J connectivity index is 2.60. The molecule has 0 rings (SSSR count). The first-order valence-electron chi connectivity index (χ1n) is 3.53. The van der Waals surface area contributed by atoms with Crippen molar-refractivity contribution in [3.05, 3.63) is 6.54 Å². The van der Waals surface area contributed by atoms with Gasteiger partial charge in [-0.1, -0.05) is 13.3 Å². The highest BCUT2D eigenvalue weighted by molar-refractivity contribution is 4.50. The maximum Gasteiger partial charge on any atom is 0.0481 e. The predicted molar refractivity (Wildman–Crippen MR) is 38.8 cm³/mol. The molecule has 0 heterocycles. The lowest BCUT2D eigenvalue weighted by molar-refractivity contribution is 0.133. The van der Waals surface area contributed by atoms with Crippen molar-refractivity contribution < 1.29 is 4.74 Å². The van der Waals surface area contributed by atoms with Gasteiger partial charge in [0.15, 0.2) is 0 Å². The molecule has 0 saturated heterocycles. The van der Waals surface area contributed by atoms with Gasteiger partial charge < -0.3 is 10.5 Å². The molecule has 0 saturated carbocycles. The molecular formula is C7H16NO. The summed E-state index contributed by atoms with van der Waals surface area (Å²) in [6, 6.07) is 0. The van der Waals surface area contributed by atoms with Gasteiger partial charge in [0.2, 0.25) is 0 Å². The molecule has 0 aliphatic carbocycles. The molecule has 0 atom stereocenters. The Morgan fingerprint density at radius 1 is 1.44 bits per heavy atom. The third kappa shape index (κ3) is 7.92. The van der Waals surface area contributed by atoms with Gasteiger partial charge in [-0.15, -0.1) is 0 Å². The minimum atomic E-state index is 0.774. The number of hydrogen-bond acceptors (Lipinski definition) is 2. The minimum Gasteiger partial charge on any atom is -0.381 e. The summed E-state index contributed by atoms with van der Waals surface area (Å²) in [5.74, 6) is 0. The molecule has 2 N–H and O–H groups in total. The highest BCUT2D eigenvalue weighted by atomic mass is 16.5. The summed E-state index contributed by atoms with van der Waals surface area (Å²) in [4.78, 5) is 0. The zero-order valence-corrected chi connectivity index (χ0v) is 6.10. The third-order valence-electron chi connectivity index (χ3n) is 1.07. The fourth-order valence-electron chi connectivity index (χ4n) is 0.500. The van der Waals surface area contributed by atoms with Crippen LogP contribution in [0.1, 0.15) is 26.2 Å². The van der Waals surface area contributed by atoms with Gasteiger partial charge in [-0.05, 0) is 12.8 Å². The molecule has 0 spiro atoms. The van der Waals surface area contributed by atoms with E-state index in [4.69, 9.17) is 10.5 Å². The topological polar surface area (TPSA) is 35.2 Å². The predicted octanol–water partition coefficient (Wildman–Crippen LogP) is 1.31. The maximum absolute atomic E-state index is 5.20. The smallest absolute Gasteiger partial charge is 0.0481 e. The van der Waals surface area contributed by atoms with E-state index in [9.17, 15) is 0 Å². The molecule has 0 bridgehead atoms. The SMILES string of the molecule is CCCCOCC[CH]N. The lowest BCUT2D eigenvalue weighted by Gasteiger charge is -1.99. The average molecular weight is 130 g/mol. The van der Waals surface area contributed by atoms with Gasteiger partial charge in [0.05, 0.1) is 0 Å². The van der Waals surface area contributed by atoms with Crippen LogP contribution in [0.3, 0.4) is 0 Å². The Bertz CT molecular complexity index is 42.2. The number of rotatable bonds is 6. The quantitative estimate of drug-likeness (QED) is 0.550. The first-order chi connectivity index (χ1) is 4.41. The Hall–Kier alpha value is -0.0800. The Kier molecular flexibility index (Phi) is 7.85. The van der Waals surface area contributed by atoms with Gasteiger partial charge in [0.25, 0.3) is 0 Å². The van der Waals surface area contributed by atoms with Crippen molar-refractivity contribution >= 4 is 0 Å². The van der Waals surface area contributed by atoms with Crippen LogP contribution in [-0.4, -0.2) is 13.2 Å². The van der Waals surface area contributed by atoms with E-state index in [1.165, 1.54) is 6.42 Å². The van der Waals surface area contributed by atoms with Gasteiger partial charge in [0, 0.05) is 19.8 Å². The van der Waals surface area contributed by atoms with Gasteiger partial charge in [0.1, 0.15) is 0 Å². The normalized spacial score (nSPS) is 10.0. The molecule has 2 heteroatoms. The van der Waals surface area contributed by atoms with E-state index in [1.54, 1.807) is 6.54 Å². The standard InChI is InChI=1S/C7H16NO/c1-2-3-6-9-7-4-5-8/h5H,2-4,6-8H2,1H3. The van der Waals surface area contributed by atoms with E-state index in [2.05, 4.69) is 6.92 Å². The molecule has 2 nitrogen and oxygen atoms in total. The van der Waals surface area contributed by atoms with Crippen LogP contribution in [0, 0.1) is 6.54 Å². The Labute approximate surface area is 57.4 Å². The van der Waals surface area contributed by atoms with E-state index in [-0.39, 0.29) is 0 Å². The van der Waals surface area contributed by atoms with Gasteiger partial charge in [-0.3, -0.25) is 0 Å². The molecule has 55 valence electrons. The van der Waals surface area contributed by atoms with E-state index in [0.29, 0.717) is 0 Å². The van der Waals surface area contributed by atoms with Crippen molar-refractivity contribution in [2.45, 2.75) is 26.2 Å². The zero-order valence-electron chi connectivity index (χ0n) is 6.10. The van der Waals surface area contributed by atoms with Crippen LogP contribution >= 0.6 is 0 Å². The number of unbranched alkanes of at least 4 members (excludes halogenated alkanes) is 1. The van der Waals surface area contributed by atoms with Crippen LogP contribution < -0.4 is 5.73 Å². The van der Waals surface area contributed by atoms with Crippen LogP contribution in [0.25, 0.3) is 0 Å². The molecule has 0 fully saturated rings. The highest BCUT2D eigenvalue weighted by Gasteiger charge is 1.84. The monoisotopic (exact) mass is 130 g/mol. The van der Waals surface area contributed by atoms with Crippen molar-refractivity contribution in [3.8, 4) is 0 Å². The molecule has 0 amide bonds. The van der Waals surface area contributed by atoms with Crippen LogP contribution in [0.5, 0.6) is 0 Å². The zero-order chi connectivity index (χ0) is 6.95. The largest absolute Gasteiger partial charge is 0.381 e. The lowest BCUT2D eigenvalue weighted by atomic mass is 10.4. The highest BCUT2D eigenvalue weighted by Crippen LogP contribution is 1.89. The molecule has 0 aromatic heterocycles. The summed E-state index contributed by atoms with van der Waals surface area (Å²) in [6.45, 7) is 5.44. The summed E-state index contributed by atoms with van der Waals surface area (Å²) in [6.07, 6.45) is 3.22. The van der Waals surface area contributed by atoms with Crippen molar-refractivity contribution in [2.75, 3.05) is 13.2 Å². The molecule has 0 aliphatic rings. The molecule has 0 aromatic rings. The van der Waals surface area contributed by atoms with E-state index in [0.717, 1.165) is 26.1 Å². The van der Waals surface area contributed by atoms with Crippen LogP contribution in [-0.2, 0) is 4.74 Å². The van der Waals surface area contributed by atoms with E-state index in [1.807, 2.05) is 0 Å². The Morgan fingerprint density at radius 3 is 2.78 bits per heavy atom. The number of ether oxygens (including phenoxy) is 1. The van der Waals surface area contributed by atoms with E-state index >= 15 is 0 Å². The second-order valence-corrected chi connectivity index (χ2v) is 1.99. The molecule has 9 heavy (non-hydrogen) atoms. The van der Waals surface area contributed by atoms with Crippen molar-refractivity contribution in [1.82, 2.24) is 0 Å². The number of nitrogens with two attached hydrogens (primary N) is 1. The number of hydrogen-bond donors (Lipinski definition) is 1. The fourth-order valence-corrected chi connectivity index (χ4v) is 0.500. The molecule has 0 unspecified atom stereocenters. The van der Waals surface area contributed by atoms with Gasteiger partial charge >= 0.3 is 0 Å². The maximum atomic E-state index is 5.20. The van der Waals surface area contributed by atoms with Crippen LogP contribution in [0.4, 0.5) is 0 Å². The average Bonchev–Trinajstić information content (AvgIpc) is 1.89. The first-order valence-corrected chi connectivity index (χ1v) is 3.53. The molecule has 0 aromatic carbocycles. The molecule has 0 aliphatic heterocycles. The minimum absolute atomic E-state index is 0.774. The van der Waals surface area contributed by atoms with Crippen molar-refractivity contribution in [2.24, 2.45) is 5.73 Å². The van der Waals surface area contributed by atoms with E-state index < -0.39 is 0 Å². The molecule has 1 radical (unpaired) electrons. The summed E-state index contributed by atoms with van der Waals surface area (Å²) < 4.78 is 5.20. The van der Waals surface area contributed by atoms with Crippen molar-refractivity contribution in [3.63, 3.8) is 0 Å². The fraction of sp³-hybridized carbons (Fsp3) is 0.857. The summed E-state index contributed by atoms with van der Waals surface area (Å²) >= 11 is 0. The molecular weight excluding hydrogens is 114 g/mol. The van der Waals surface area contributed by atoms with Crippen LogP contribution in [0.15, 0.2) is 0 Å². The van der Waals surface area contributed by atoms with Crippen molar-refractivity contribution in [1.29, 1.82) is 0 Å². The first kappa shape index (κ1) is 8.92.